The predicted molar refractivity (Wildman–Crippen MR) is 139 cm³/mol. The van der Waals surface area contributed by atoms with Crippen molar-refractivity contribution in [2.45, 2.75) is 37.1 Å². The Balaban J connectivity index is 1.59. The molecule has 2 N–H and O–H groups in total. The minimum atomic E-state index is -4.03. The van der Waals surface area contributed by atoms with Gasteiger partial charge >= 0.3 is 0 Å². The van der Waals surface area contributed by atoms with Crippen molar-refractivity contribution in [1.29, 1.82) is 0 Å². The molecule has 4 rings (SSSR count). The molecule has 0 aliphatic carbocycles. The number of sulfonamides is 1. The van der Waals surface area contributed by atoms with Gasteiger partial charge in [0.25, 0.3) is 0 Å². The number of amides is 2. The summed E-state index contributed by atoms with van der Waals surface area (Å²) < 4.78 is 34.5. The van der Waals surface area contributed by atoms with Crippen LogP contribution in [0.3, 0.4) is 0 Å². The molecule has 0 saturated carbocycles. The Hall–Kier alpha value is -3.69. The van der Waals surface area contributed by atoms with Crippen LogP contribution in [-0.4, -0.2) is 39.9 Å². The summed E-state index contributed by atoms with van der Waals surface area (Å²) in [5, 5.41) is 2.79. The van der Waals surface area contributed by atoms with Crippen LogP contribution in [0.2, 0.25) is 0 Å². The normalized spacial score (nSPS) is 13.7. The number of rotatable bonds is 9. The number of hydrogen-bond donors (Lipinski definition) is 2. The molecule has 3 aromatic rings. The van der Waals surface area contributed by atoms with Crippen molar-refractivity contribution in [2.75, 3.05) is 23.9 Å². The first-order valence-corrected chi connectivity index (χ1v) is 13.2. The van der Waals surface area contributed by atoms with E-state index in [2.05, 4.69) is 10.0 Å². The van der Waals surface area contributed by atoms with E-state index in [0.29, 0.717) is 30.8 Å². The maximum Gasteiger partial charge on any atom is 0.242 e. The third kappa shape index (κ3) is 5.75. The molecule has 0 radical (unpaired) electrons. The van der Waals surface area contributed by atoms with E-state index in [-0.39, 0.29) is 17.2 Å². The standard InChI is InChI=1S/C27H29N3O5S/c1-3-26(31)30-15-14-20-17-23(12-13-25(20)30)36(33,34)29-24(16-19-8-5-4-6-9-19)27(32)28-21-10-7-11-22(18-21)35-2/h4-13,17-18,24,29H,3,14-16H2,1-2H3,(H,28,32)/t24-/m0/s1. The zero-order chi connectivity index (χ0) is 25.7. The second kappa shape index (κ2) is 10.9. The third-order valence-electron chi connectivity index (χ3n) is 6.09. The van der Waals surface area contributed by atoms with E-state index >= 15 is 0 Å². The summed E-state index contributed by atoms with van der Waals surface area (Å²) in [6, 6.07) is 19.7. The molecule has 0 bridgehead atoms. The van der Waals surface area contributed by atoms with Crippen LogP contribution >= 0.6 is 0 Å². The van der Waals surface area contributed by atoms with Gasteiger partial charge in [-0.1, -0.05) is 43.3 Å². The van der Waals surface area contributed by atoms with Crippen LogP contribution in [0, 0.1) is 0 Å². The lowest BCUT2D eigenvalue weighted by Crippen LogP contribution is -2.45. The molecule has 0 fully saturated rings. The van der Waals surface area contributed by atoms with Crippen molar-refractivity contribution in [2.24, 2.45) is 0 Å². The van der Waals surface area contributed by atoms with Crippen LogP contribution in [0.15, 0.2) is 77.7 Å². The summed E-state index contributed by atoms with van der Waals surface area (Å²) in [4.78, 5) is 27.2. The first-order valence-electron chi connectivity index (χ1n) is 11.7. The van der Waals surface area contributed by atoms with Crippen LogP contribution in [0.25, 0.3) is 0 Å². The molecule has 0 spiro atoms. The molecule has 0 unspecified atom stereocenters. The topological polar surface area (TPSA) is 105 Å². The Morgan fingerprint density at radius 1 is 1.03 bits per heavy atom. The van der Waals surface area contributed by atoms with Crippen LogP contribution in [0.1, 0.15) is 24.5 Å². The summed E-state index contributed by atoms with van der Waals surface area (Å²) in [6.45, 7) is 2.32. The zero-order valence-corrected chi connectivity index (χ0v) is 21.0. The van der Waals surface area contributed by atoms with E-state index in [1.54, 1.807) is 48.2 Å². The van der Waals surface area contributed by atoms with Crippen molar-refractivity contribution in [3.63, 3.8) is 0 Å². The first kappa shape index (κ1) is 25.4. The highest BCUT2D eigenvalue weighted by atomic mass is 32.2. The fourth-order valence-electron chi connectivity index (χ4n) is 4.22. The minimum Gasteiger partial charge on any atom is -0.497 e. The molecule has 1 heterocycles. The second-order valence-electron chi connectivity index (χ2n) is 8.52. The van der Waals surface area contributed by atoms with Crippen molar-refractivity contribution in [3.8, 4) is 5.75 Å². The van der Waals surface area contributed by atoms with Gasteiger partial charge in [-0.3, -0.25) is 9.59 Å². The largest absolute Gasteiger partial charge is 0.497 e. The van der Waals surface area contributed by atoms with Gasteiger partial charge in [-0.25, -0.2) is 8.42 Å². The van der Waals surface area contributed by atoms with E-state index in [9.17, 15) is 18.0 Å². The molecule has 3 aromatic carbocycles. The maximum atomic E-state index is 13.4. The number of anilines is 2. The Morgan fingerprint density at radius 2 is 1.81 bits per heavy atom. The summed E-state index contributed by atoms with van der Waals surface area (Å²) >= 11 is 0. The molecule has 1 aliphatic rings. The summed E-state index contributed by atoms with van der Waals surface area (Å²) in [5.74, 6) is 0.0814. The van der Waals surface area contributed by atoms with Gasteiger partial charge in [0.2, 0.25) is 21.8 Å². The Labute approximate surface area is 211 Å². The van der Waals surface area contributed by atoms with Gasteiger partial charge in [0.05, 0.1) is 12.0 Å². The summed E-state index contributed by atoms with van der Waals surface area (Å²) in [6.07, 6.45) is 1.12. The fourth-order valence-corrected chi connectivity index (χ4v) is 5.46. The molecular weight excluding hydrogens is 478 g/mol. The third-order valence-corrected chi connectivity index (χ3v) is 7.56. The number of nitrogens with zero attached hydrogens (tertiary/aromatic N) is 1. The molecule has 0 aromatic heterocycles. The van der Waals surface area contributed by atoms with Crippen molar-refractivity contribution >= 4 is 33.2 Å². The minimum absolute atomic E-state index is 0.000351. The lowest BCUT2D eigenvalue weighted by Gasteiger charge is -2.20. The number of benzene rings is 3. The second-order valence-corrected chi connectivity index (χ2v) is 10.2. The average Bonchev–Trinajstić information content (AvgIpc) is 3.32. The number of nitrogens with one attached hydrogen (secondary N) is 2. The molecule has 1 atom stereocenters. The summed E-state index contributed by atoms with van der Waals surface area (Å²) in [5.41, 5.74) is 2.83. The smallest absolute Gasteiger partial charge is 0.242 e. The highest BCUT2D eigenvalue weighted by Crippen LogP contribution is 2.31. The maximum absolute atomic E-state index is 13.4. The molecule has 8 nitrogen and oxygen atoms in total. The zero-order valence-electron chi connectivity index (χ0n) is 20.2. The average molecular weight is 508 g/mol. The van der Waals surface area contributed by atoms with E-state index in [0.717, 1.165) is 16.8 Å². The highest BCUT2D eigenvalue weighted by molar-refractivity contribution is 7.89. The summed E-state index contributed by atoms with van der Waals surface area (Å²) in [7, 11) is -2.50. The monoisotopic (exact) mass is 507 g/mol. The predicted octanol–water partition coefficient (Wildman–Crippen LogP) is 3.52. The number of carbonyl (C=O) groups is 2. The molecule has 9 heteroatoms. The Morgan fingerprint density at radius 3 is 2.53 bits per heavy atom. The van der Waals surface area contributed by atoms with Crippen molar-refractivity contribution < 1.29 is 22.7 Å². The van der Waals surface area contributed by atoms with Gasteiger partial charge in [0.1, 0.15) is 11.8 Å². The van der Waals surface area contributed by atoms with Gasteiger partial charge < -0.3 is 15.0 Å². The van der Waals surface area contributed by atoms with Gasteiger partial charge in [-0.2, -0.15) is 4.72 Å². The molecule has 36 heavy (non-hydrogen) atoms. The van der Waals surface area contributed by atoms with E-state index in [1.165, 1.54) is 13.2 Å². The van der Waals surface area contributed by atoms with Gasteiger partial charge in [0, 0.05) is 30.4 Å². The fraction of sp³-hybridized carbons (Fsp3) is 0.259. The van der Waals surface area contributed by atoms with Gasteiger partial charge in [-0.05, 0) is 54.3 Å². The number of hydrogen-bond acceptors (Lipinski definition) is 5. The SMILES string of the molecule is CCC(=O)N1CCc2cc(S(=O)(=O)N[C@@H](Cc3ccccc3)C(=O)Nc3cccc(OC)c3)ccc21. The molecule has 188 valence electrons. The van der Waals surface area contributed by atoms with Crippen molar-refractivity contribution in [3.05, 3.63) is 83.9 Å². The van der Waals surface area contributed by atoms with Crippen LogP contribution in [0.4, 0.5) is 11.4 Å². The number of methoxy groups -OCH3 is 1. The van der Waals surface area contributed by atoms with Crippen LogP contribution < -0.4 is 19.7 Å². The quantitative estimate of drug-likeness (QED) is 0.461. The Bertz CT molecular complexity index is 1360. The number of fused-ring (bicyclic) bond motifs is 1. The van der Waals surface area contributed by atoms with E-state index < -0.39 is 22.0 Å². The molecule has 2 amide bonds. The highest BCUT2D eigenvalue weighted by Gasteiger charge is 2.29. The molecular formula is C27H29N3O5S. The van der Waals surface area contributed by atoms with Crippen LogP contribution in [-0.2, 0) is 32.5 Å². The van der Waals surface area contributed by atoms with Crippen LogP contribution in [0.5, 0.6) is 5.75 Å². The van der Waals surface area contributed by atoms with Gasteiger partial charge in [0.15, 0.2) is 0 Å². The molecule has 0 saturated heterocycles. The molecule has 1 aliphatic heterocycles. The lowest BCUT2D eigenvalue weighted by atomic mass is 10.1. The van der Waals surface area contributed by atoms with E-state index in [1.807, 2.05) is 30.3 Å². The Kier molecular flexibility index (Phi) is 7.71. The lowest BCUT2D eigenvalue weighted by molar-refractivity contribution is -0.118. The number of ether oxygens (including phenoxy) is 1. The van der Waals surface area contributed by atoms with E-state index in [4.69, 9.17) is 4.74 Å². The number of carbonyl (C=O) groups excluding carboxylic acids is 2. The van der Waals surface area contributed by atoms with Gasteiger partial charge in [-0.15, -0.1) is 0 Å². The van der Waals surface area contributed by atoms with Crippen molar-refractivity contribution in [1.82, 2.24) is 4.72 Å². The first-order chi connectivity index (χ1) is 17.3.